The molecule has 7 nitrogen and oxygen atoms in total. The minimum atomic E-state index is -0.425. The highest BCUT2D eigenvalue weighted by atomic mass is 35.5. The van der Waals surface area contributed by atoms with Gasteiger partial charge in [-0.1, -0.05) is 54.1 Å². The number of nitrogen functional groups attached to an aromatic ring is 1. The third-order valence-corrected chi connectivity index (χ3v) is 4.53. The zero-order chi connectivity index (χ0) is 20.2. The van der Waals surface area contributed by atoms with E-state index in [0.717, 1.165) is 10.8 Å². The lowest BCUT2D eigenvalue weighted by molar-refractivity contribution is 0.0962. The van der Waals surface area contributed by atoms with Crippen molar-refractivity contribution in [3.05, 3.63) is 83.6 Å². The van der Waals surface area contributed by atoms with Crippen molar-refractivity contribution in [1.82, 2.24) is 15.4 Å². The maximum absolute atomic E-state index is 12.3. The van der Waals surface area contributed by atoms with E-state index in [2.05, 4.69) is 20.8 Å². The van der Waals surface area contributed by atoms with Crippen molar-refractivity contribution in [3.8, 4) is 11.6 Å². The molecular formula is C21H16ClN5O2. The van der Waals surface area contributed by atoms with Crippen molar-refractivity contribution in [1.29, 1.82) is 0 Å². The van der Waals surface area contributed by atoms with Crippen molar-refractivity contribution in [2.75, 3.05) is 11.2 Å². The Morgan fingerprint density at radius 2 is 1.72 bits per heavy atom. The van der Waals surface area contributed by atoms with Crippen LogP contribution in [-0.4, -0.2) is 15.9 Å². The van der Waals surface area contributed by atoms with Crippen molar-refractivity contribution >= 4 is 39.8 Å². The molecule has 0 aliphatic rings. The summed E-state index contributed by atoms with van der Waals surface area (Å²) in [7, 11) is 0. The van der Waals surface area contributed by atoms with Crippen LogP contribution in [0.5, 0.6) is 11.6 Å². The molecule has 8 heteroatoms. The predicted molar refractivity (Wildman–Crippen MR) is 113 cm³/mol. The summed E-state index contributed by atoms with van der Waals surface area (Å²) in [4.78, 5) is 20.4. The highest BCUT2D eigenvalue weighted by Crippen LogP contribution is 2.30. The van der Waals surface area contributed by atoms with Crippen LogP contribution in [0.3, 0.4) is 0 Å². The third kappa shape index (κ3) is 4.04. The van der Waals surface area contributed by atoms with Crippen molar-refractivity contribution < 1.29 is 9.53 Å². The fourth-order valence-corrected chi connectivity index (χ4v) is 2.95. The largest absolute Gasteiger partial charge is 0.437 e. The number of nitrogens with one attached hydrogen (secondary N) is 2. The summed E-state index contributed by atoms with van der Waals surface area (Å²) in [5.41, 5.74) is 11.8. The van der Waals surface area contributed by atoms with Gasteiger partial charge < -0.3 is 10.5 Å². The molecule has 0 aliphatic heterocycles. The van der Waals surface area contributed by atoms with Gasteiger partial charge in [0, 0.05) is 0 Å². The van der Waals surface area contributed by atoms with Gasteiger partial charge in [0.05, 0.1) is 10.6 Å². The molecule has 0 saturated heterocycles. The van der Waals surface area contributed by atoms with Crippen LogP contribution >= 0.6 is 11.6 Å². The summed E-state index contributed by atoms with van der Waals surface area (Å²) in [5.74, 6) is 0.534. The van der Waals surface area contributed by atoms with Crippen LogP contribution in [-0.2, 0) is 0 Å². The van der Waals surface area contributed by atoms with E-state index in [-0.39, 0.29) is 17.4 Å². The molecule has 4 rings (SSSR count). The lowest BCUT2D eigenvalue weighted by Gasteiger charge is -2.13. The number of aromatic nitrogens is 2. The molecule has 0 fully saturated rings. The molecule has 144 valence electrons. The molecule has 1 aromatic heterocycles. The van der Waals surface area contributed by atoms with Crippen LogP contribution in [0.1, 0.15) is 10.4 Å². The molecule has 29 heavy (non-hydrogen) atoms. The number of nitrogens with zero attached hydrogens (tertiary/aromatic N) is 2. The summed E-state index contributed by atoms with van der Waals surface area (Å²) in [6.07, 6.45) is 1.29. The van der Waals surface area contributed by atoms with Crippen molar-refractivity contribution in [2.24, 2.45) is 0 Å². The number of amides is 1. The number of hydrogen-bond donors (Lipinski definition) is 3. The smallest absolute Gasteiger partial charge is 0.271 e. The average molecular weight is 406 g/mol. The number of hydrogen-bond acceptors (Lipinski definition) is 6. The second kappa shape index (κ2) is 8.04. The zero-order valence-electron chi connectivity index (χ0n) is 15.1. The van der Waals surface area contributed by atoms with Gasteiger partial charge in [0.15, 0.2) is 5.82 Å². The Kier molecular flexibility index (Phi) is 5.13. The number of fused-ring (bicyclic) bond motifs is 1. The molecular weight excluding hydrogens is 390 g/mol. The Bertz CT molecular complexity index is 1200. The van der Waals surface area contributed by atoms with Gasteiger partial charge >= 0.3 is 0 Å². The van der Waals surface area contributed by atoms with Gasteiger partial charge in [-0.25, -0.2) is 4.98 Å². The zero-order valence-corrected chi connectivity index (χ0v) is 15.9. The Hall–Kier alpha value is -3.84. The molecule has 0 unspecified atom stereocenters. The molecule has 3 aromatic carbocycles. The first-order chi connectivity index (χ1) is 14.1. The summed E-state index contributed by atoms with van der Waals surface area (Å²) in [6.45, 7) is 0. The molecule has 0 atom stereocenters. The number of nitrogens with two attached hydrogens (primary N) is 1. The topological polar surface area (TPSA) is 102 Å². The van der Waals surface area contributed by atoms with Gasteiger partial charge in [-0.3, -0.25) is 15.6 Å². The van der Waals surface area contributed by atoms with Gasteiger partial charge in [0.1, 0.15) is 17.8 Å². The summed E-state index contributed by atoms with van der Waals surface area (Å²) < 4.78 is 5.82. The monoisotopic (exact) mass is 405 g/mol. The normalized spacial score (nSPS) is 10.5. The summed E-state index contributed by atoms with van der Waals surface area (Å²) >= 11 is 6.03. The van der Waals surface area contributed by atoms with E-state index in [9.17, 15) is 4.79 Å². The van der Waals surface area contributed by atoms with Gasteiger partial charge in [-0.2, -0.15) is 4.98 Å². The summed E-state index contributed by atoms with van der Waals surface area (Å²) in [6, 6.07) is 20.3. The number of rotatable bonds is 5. The fourth-order valence-electron chi connectivity index (χ4n) is 2.73. The van der Waals surface area contributed by atoms with Crippen LogP contribution in [0.2, 0.25) is 5.02 Å². The molecule has 0 radical (unpaired) electrons. The number of benzene rings is 3. The number of ether oxygens (including phenoxy) is 1. The predicted octanol–water partition coefficient (Wildman–Crippen LogP) is 4.41. The van der Waals surface area contributed by atoms with E-state index in [4.69, 9.17) is 22.1 Å². The highest BCUT2D eigenvalue weighted by Gasteiger charge is 2.13. The lowest BCUT2D eigenvalue weighted by Crippen LogP contribution is -2.30. The first-order valence-electron chi connectivity index (χ1n) is 8.70. The second-order valence-corrected chi connectivity index (χ2v) is 6.52. The number of carbonyl (C=O) groups is 1. The maximum Gasteiger partial charge on any atom is 0.271 e. The van der Waals surface area contributed by atoms with Crippen molar-refractivity contribution in [3.63, 3.8) is 0 Å². The number of hydrazine groups is 1. The molecule has 0 saturated carbocycles. The average Bonchev–Trinajstić information content (AvgIpc) is 2.74. The van der Waals surface area contributed by atoms with E-state index in [1.54, 1.807) is 24.3 Å². The van der Waals surface area contributed by atoms with E-state index in [1.807, 2.05) is 42.5 Å². The van der Waals surface area contributed by atoms with Crippen LogP contribution in [0.25, 0.3) is 10.8 Å². The van der Waals surface area contributed by atoms with E-state index < -0.39 is 5.91 Å². The molecule has 0 aliphatic carbocycles. The van der Waals surface area contributed by atoms with E-state index in [1.165, 1.54) is 6.33 Å². The molecule has 0 spiro atoms. The third-order valence-electron chi connectivity index (χ3n) is 4.20. The maximum atomic E-state index is 12.3. The van der Waals surface area contributed by atoms with E-state index >= 15 is 0 Å². The molecule has 4 aromatic rings. The number of carbonyl (C=O) groups excluding carboxylic acids is 1. The van der Waals surface area contributed by atoms with Crippen LogP contribution in [0.4, 0.5) is 11.5 Å². The lowest BCUT2D eigenvalue weighted by atomic mass is 10.1. The van der Waals surface area contributed by atoms with Crippen LogP contribution in [0.15, 0.2) is 73.1 Å². The first-order valence-corrected chi connectivity index (χ1v) is 9.07. The number of halogens is 1. The second-order valence-electron chi connectivity index (χ2n) is 6.11. The van der Waals surface area contributed by atoms with Gasteiger partial charge in [0.25, 0.3) is 5.91 Å². The highest BCUT2D eigenvalue weighted by molar-refractivity contribution is 6.33. The van der Waals surface area contributed by atoms with Crippen LogP contribution < -0.4 is 21.3 Å². The van der Waals surface area contributed by atoms with E-state index in [0.29, 0.717) is 16.3 Å². The van der Waals surface area contributed by atoms with Crippen LogP contribution in [0, 0.1) is 0 Å². The Morgan fingerprint density at radius 3 is 2.55 bits per heavy atom. The first kappa shape index (κ1) is 18.5. The molecule has 1 amide bonds. The Labute approximate surface area is 171 Å². The standard InChI is InChI=1S/C21H16ClN5O2/c22-17-8-4-3-7-16(17)20(28)27-26-19-18(23)21(25-12-24-19)29-15-10-9-13-5-1-2-6-14(13)11-15/h1-12H,23H2,(H,27,28)(H,24,25,26). The number of anilines is 2. The summed E-state index contributed by atoms with van der Waals surface area (Å²) in [5, 5.41) is 2.46. The van der Waals surface area contributed by atoms with Gasteiger partial charge in [-0.05, 0) is 35.0 Å². The fraction of sp³-hybridized carbons (Fsp3) is 0. The quantitative estimate of drug-likeness (QED) is 0.425. The molecule has 0 bridgehead atoms. The Balaban J connectivity index is 1.51. The van der Waals surface area contributed by atoms with Gasteiger partial charge in [-0.15, -0.1) is 0 Å². The minimum Gasteiger partial charge on any atom is -0.437 e. The molecule has 4 N–H and O–H groups in total. The Morgan fingerprint density at radius 1 is 0.966 bits per heavy atom. The van der Waals surface area contributed by atoms with Gasteiger partial charge in [0.2, 0.25) is 5.88 Å². The van der Waals surface area contributed by atoms with Crippen molar-refractivity contribution in [2.45, 2.75) is 0 Å². The SMILES string of the molecule is Nc1c(NNC(=O)c2ccccc2Cl)ncnc1Oc1ccc2ccccc2c1. The molecule has 1 heterocycles. The minimum absolute atomic E-state index is 0.153.